The molecule has 0 aliphatic carbocycles. The van der Waals surface area contributed by atoms with E-state index in [1.807, 2.05) is 0 Å². The number of nitrogens with one attached hydrogen (secondary N) is 1. The number of ether oxygens (including phenoxy) is 2. The predicted molar refractivity (Wildman–Crippen MR) is 111 cm³/mol. The van der Waals surface area contributed by atoms with Crippen LogP contribution in [0.5, 0.6) is 0 Å². The fraction of sp³-hybridized carbons (Fsp3) is 0.333. The highest BCUT2D eigenvalue weighted by Gasteiger charge is 2.27. The first-order chi connectivity index (χ1) is 14.3. The highest BCUT2D eigenvalue weighted by Crippen LogP contribution is 2.23. The SMILES string of the molecule is Cc1ccc(S(=O)(=O)N2CCOCC2)cc1NC(=O)COC(=O)c1ccccc1C. The number of hydrogen-bond acceptors (Lipinski definition) is 6. The van der Waals surface area contributed by atoms with E-state index >= 15 is 0 Å². The molecule has 1 fully saturated rings. The molecule has 9 heteroatoms. The number of sulfonamides is 1. The first kappa shape index (κ1) is 21.9. The monoisotopic (exact) mass is 432 g/mol. The van der Waals surface area contributed by atoms with Crippen molar-refractivity contribution in [1.82, 2.24) is 4.31 Å². The van der Waals surface area contributed by atoms with Gasteiger partial charge in [0.15, 0.2) is 6.61 Å². The molecule has 1 aliphatic rings. The molecule has 160 valence electrons. The molecule has 30 heavy (non-hydrogen) atoms. The lowest BCUT2D eigenvalue weighted by Crippen LogP contribution is -2.40. The lowest BCUT2D eigenvalue weighted by Gasteiger charge is -2.26. The van der Waals surface area contributed by atoms with Gasteiger partial charge >= 0.3 is 5.97 Å². The number of amides is 1. The Bertz CT molecular complexity index is 1050. The molecule has 0 radical (unpaired) electrons. The van der Waals surface area contributed by atoms with Crippen molar-refractivity contribution >= 4 is 27.6 Å². The average molecular weight is 432 g/mol. The maximum absolute atomic E-state index is 12.8. The molecule has 0 atom stereocenters. The number of nitrogens with zero attached hydrogens (tertiary/aromatic N) is 1. The molecule has 0 spiro atoms. The van der Waals surface area contributed by atoms with Gasteiger partial charge in [-0.05, 0) is 43.2 Å². The molecule has 3 rings (SSSR count). The summed E-state index contributed by atoms with van der Waals surface area (Å²) in [6.07, 6.45) is 0. The second kappa shape index (κ2) is 9.38. The number of esters is 1. The van der Waals surface area contributed by atoms with Crippen LogP contribution in [0.1, 0.15) is 21.5 Å². The Labute approximate surface area is 175 Å². The Morgan fingerprint density at radius 2 is 1.77 bits per heavy atom. The quantitative estimate of drug-likeness (QED) is 0.702. The zero-order valence-corrected chi connectivity index (χ0v) is 17.7. The number of morpholine rings is 1. The van der Waals surface area contributed by atoms with E-state index in [9.17, 15) is 18.0 Å². The van der Waals surface area contributed by atoms with Gasteiger partial charge in [-0.1, -0.05) is 24.3 Å². The molecule has 1 saturated heterocycles. The molecule has 1 heterocycles. The highest BCUT2D eigenvalue weighted by atomic mass is 32.2. The van der Waals surface area contributed by atoms with E-state index < -0.39 is 28.5 Å². The molecule has 0 aromatic heterocycles. The van der Waals surface area contributed by atoms with Gasteiger partial charge in [0.1, 0.15) is 0 Å². The maximum atomic E-state index is 12.8. The Hall–Kier alpha value is -2.75. The summed E-state index contributed by atoms with van der Waals surface area (Å²) < 4.78 is 37.3. The first-order valence-corrected chi connectivity index (χ1v) is 10.9. The van der Waals surface area contributed by atoms with E-state index in [4.69, 9.17) is 9.47 Å². The Morgan fingerprint density at radius 3 is 2.47 bits per heavy atom. The molecule has 2 aromatic carbocycles. The molecule has 2 aromatic rings. The Kier molecular flexibility index (Phi) is 6.86. The second-order valence-corrected chi connectivity index (χ2v) is 8.87. The lowest BCUT2D eigenvalue weighted by atomic mass is 10.1. The minimum absolute atomic E-state index is 0.0854. The zero-order valence-electron chi connectivity index (χ0n) is 16.9. The largest absolute Gasteiger partial charge is 0.452 e. The van der Waals surface area contributed by atoms with Crippen molar-refractivity contribution in [2.24, 2.45) is 0 Å². The van der Waals surface area contributed by atoms with E-state index in [2.05, 4.69) is 5.32 Å². The lowest BCUT2D eigenvalue weighted by molar-refractivity contribution is -0.119. The topological polar surface area (TPSA) is 102 Å². The zero-order chi connectivity index (χ0) is 21.7. The van der Waals surface area contributed by atoms with Gasteiger partial charge < -0.3 is 14.8 Å². The van der Waals surface area contributed by atoms with Gasteiger partial charge in [-0.2, -0.15) is 4.31 Å². The van der Waals surface area contributed by atoms with Crippen molar-refractivity contribution in [3.8, 4) is 0 Å². The third-order valence-electron chi connectivity index (χ3n) is 4.79. The van der Waals surface area contributed by atoms with E-state index in [0.717, 1.165) is 5.56 Å². The highest BCUT2D eigenvalue weighted by molar-refractivity contribution is 7.89. The van der Waals surface area contributed by atoms with Gasteiger partial charge in [0, 0.05) is 18.8 Å². The number of carbonyl (C=O) groups is 2. The van der Waals surface area contributed by atoms with Crippen molar-refractivity contribution in [1.29, 1.82) is 0 Å². The van der Waals surface area contributed by atoms with E-state index in [1.54, 1.807) is 44.2 Å². The molecular weight excluding hydrogens is 408 g/mol. The van der Waals surface area contributed by atoms with Crippen LogP contribution < -0.4 is 5.32 Å². The summed E-state index contributed by atoms with van der Waals surface area (Å²) in [7, 11) is -3.69. The van der Waals surface area contributed by atoms with E-state index in [-0.39, 0.29) is 18.0 Å². The summed E-state index contributed by atoms with van der Waals surface area (Å²) >= 11 is 0. The second-order valence-electron chi connectivity index (χ2n) is 6.93. The van der Waals surface area contributed by atoms with Crippen LogP contribution in [0, 0.1) is 13.8 Å². The molecule has 1 aliphatic heterocycles. The van der Waals surface area contributed by atoms with Gasteiger partial charge in [-0.15, -0.1) is 0 Å². The number of aryl methyl sites for hydroxylation is 2. The standard InChI is InChI=1S/C21H24N2O6S/c1-15-5-3-4-6-18(15)21(25)29-14-20(24)22-19-13-17(8-7-16(19)2)30(26,27)23-9-11-28-12-10-23/h3-8,13H,9-12,14H2,1-2H3,(H,22,24). The van der Waals surface area contributed by atoms with Gasteiger partial charge in [0.05, 0.1) is 23.7 Å². The van der Waals surface area contributed by atoms with Gasteiger partial charge in [-0.3, -0.25) is 4.79 Å². The van der Waals surface area contributed by atoms with Crippen molar-refractivity contribution in [3.05, 3.63) is 59.2 Å². The normalized spacial score (nSPS) is 14.9. The summed E-state index contributed by atoms with van der Waals surface area (Å²) in [5.41, 5.74) is 2.18. The number of carbonyl (C=O) groups excluding carboxylic acids is 2. The fourth-order valence-electron chi connectivity index (χ4n) is 3.03. The molecular formula is C21H24N2O6S. The number of hydrogen-bond donors (Lipinski definition) is 1. The fourth-order valence-corrected chi connectivity index (χ4v) is 4.46. The third-order valence-corrected chi connectivity index (χ3v) is 6.68. The summed E-state index contributed by atoms with van der Waals surface area (Å²) in [5.74, 6) is -1.15. The van der Waals surface area contributed by atoms with Crippen molar-refractivity contribution in [2.45, 2.75) is 18.7 Å². The van der Waals surface area contributed by atoms with Crippen LogP contribution >= 0.6 is 0 Å². The smallest absolute Gasteiger partial charge is 0.338 e. The van der Waals surface area contributed by atoms with Crippen LogP contribution in [0.2, 0.25) is 0 Å². The van der Waals surface area contributed by atoms with Crippen LogP contribution in [-0.2, 0) is 24.3 Å². The van der Waals surface area contributed by atoms with Gasteiger partial charge in [0.2, 0.25) is 10.0 Å². The maximum Gasteiger partial charge on any atom is 0.338 e. The van der Waals surface area contributed by atoms with Crippen molar-refractivity contribution < 1.29 is 27.5 Å². The summed E-state index contributed by atoms with van der Waals surface area (Å²) in [4.78, 5) is 24.5. The molecule has 1 amide bonds. The van der Waals surface area contributed by atoms with Crippen LogP contribution in [-0.4, -0.2) is 57.5 Å². The average Bonchev–Trinajstić information content (AvgIpc) is 2.74. The van der Waals surface area contributed by atoms with E-state index in [0.29, 0.717) is 30.0 Å². The predicted octanol–water partition coefficient (Wildman–Crippen LogP) is 2.12. The van der Waals surface area contributed by atoms with Crippen molar-refractivity contribution in [2.75, 3.05) is 38.2 Å². The van der Waals surface area contributed by atoms with Gasteiger partial charge in [0.25, 0.3) is 5.91 Å². The number of benzene rings is 2. The Morgan fingerprint density at radius 1 is 1.07 bits per heavy atom. The van der Waals surface area contributed by atoms with E-state index in [1.165, 1.54) is 16.4 Å². The summed E-state index contributed by atoms with van der Waals surface area (Å²) in [5, 5.41) is 2.62. The molecule has 0 bridgehead atoms. The van der Waals surface area contributed by atoms with Crippen LogP contribution in [0.25, 0.3) is 0 Å². The minimum atomic E-state index is -3.69. The summed E-state index contributed by atoms with van der Waals surface area (Å²) in [6, 6.07) is 11.5. The molecule has 0 saturated carbocycles. The van der Waals surface area contributed by atoms with Crippen molar-refractivity contribution in [3.63, 3.8) is 0 Å². The minimum Gasteiger partial charge on any atom is -0.452 e. The first-order valence-electron chi connectivity index (χ1n) is 9.50. The summed E-state index contributed by atoms with van der Waals surface area (Å²) in [6.45, 7) is 4.31. The van der Waals surface area contributed by atoms with Crippen LogP contribution in [0.15, 0.2) is 47.4 Å². The van der Waals surface area contributed by atoms with Crippen LogP contribution in [0.3, 0.4) is 0 Å². The number of anilines is 1. The number of rotatable bonds is 6. The molecule has 1 N–H and O–H groups in total. The van der Waals surface area contributed by atoms with Crippen LogP contribution in [0.4, 0.5) is 5.69 Å². The Balaban J connectivity index is 1.67. The molecule has 8 nitrogen and oxygen atoms in total. The third kappa shape index (κ3) is 5.05. The van der Waals surface area contributed by atoms with Gasteiger partial charge in [-0.25, -0.2) is 13.2 Å². The molecule has 0 unspecified atom stereocenters.